The number of hydrogen-bond donors (Lipinski definition) is 2. The minimum Gasteiger partial charge on any atom is -0.493 e. The van der Waals surface area contributed by atoms with E-state index in [1.807, 2.05) is 6.07 Å². The monoisotopic (exact) mass is 360 g/mol. The summed E-state index contributed by atoms with van der Waals surface area (Å²) in [5, 5.41) is 29.2. The van der Waals surface area contributed by atoms with Crippen LogP contribution < -0.4 is 5.69 Å². The SMILES string of the molecule is Cc1c(-n2c(O)c3n(c2=O)[C@H]2C[C@@H]3N(C(=O)O)C2)ccc(C#N)c1Cl. The van der Waals surface area contributed by atoms with Crippen LogP contribution in [0.5, 0.6) is 5.88 Å². The lowest BCUT2D eigenvalue weighted by Crippen LogP contribution is -2.37. The van der Waals surface area contributed by atoms with Crippen molar-refractivity contribution < 1.29 is 15.0 Å². The standard InChI is InChI=1S/C16H13ClN4O4/c1-7-10(3-2-8(5-18)12(7)17)21-14(22)13-11-4-9(20(13)15(21)23)6-19(11)16(24)25/h2-3,9,11,22H,4,6H2,1H3,(H,24,25)/t9-,11-/m0/s1. The van der Waals surface area contributed by atoms with Crippen LogP contribution in [-0.4, -0.2) is 36.9 Å². The molecule has 4 rings (SSSR count). The van der Waals surface area contributed by atoms with Gasteiger partial charge in [-0.05, 0) is 31.0 Å². The summed E-state index contributed by atoms with van der Waals surface area (Å²) in [6.45, 7) is 1.88. The molecule has 1 amide bonds. The van der Waals surface area contributed by atoms with Crippen LogP contribution in [0.4, 0.5) is 4.79 Å². The Morgan fingerprint density at radius 3 is 2.80 bits per heavy atom. The van der Waals surface area contributed by atoms with E-state index in [0.29, 0.717) is 23.4 Å². The van der Waals surface area contributed by atoms with Crippen LogP contribution in [0.15, 0.2) is 16.9 Å². The van der Waals surface area contributed by atoms with Crippen molar-refractivity contribution in [2.24, 2.45) is 0 Å². The number of carboxylic acid groups (broad SMARTS) is 1. The second-order valence-electron chi connectivity index (χ2n) is 6.22. The zero-order chi connectivity index (χ0) is 18.0. The predicted molar refractivity (Wildman–Crippen MR) is 87.3 cm³/mol. The first-order chi connectivity index (χ1) is 11.9. The number of carbonyl (C=O) groups is 1. The minimum atomic E-state index is -1.07. The number of fused-ring (bicyclic) bond motifs is 5. The molecule has 0 unspecified atom stereocenters. The van der Waals surface area contributed by atoms with Crippen molar-refractivity contribution in [2.45, 2.75) is 25.4 Å². The topological polar surface area (TPSA) is 111 Å². The van der Waals surface area contributed by atoms with E-state index in [9.17, 15) is 19.8 Å². The molecule has 0 radical (unpaired) electrons. The minimum absolute atomic E-state index is 0.216. The Morgan fingerprint density at radius 1 is 1.44 bits per heavy atom. The summed E-state index contributed by atoms with van der Waals surface area (Å²) in [5.74, 6) is -0.285. The van der Waals surface area contributed by atoms with Crippen LogP contribution >= 0.6 is 11.6 Å². The molecule has 2 atom stereocenters. The molecule has 0 spiro atoms. The number of aromatic hydroxyl groups is 1. The number of likely N-dealkylation sites (tertiary alicyclic amines) is 1. The molecule has 2 aliphatic rings. The van der Waals surface area contributed by atoms with E-state index in [1.54, 1.807) is 13.0 Å². The molecule has 1 fully saturated rings. The fourth-order valence-electron chi connectivity index (χ4n) is 3.88. The zero-order valence-corrected chi connectivity index (χ0v) is 13.9. The summed E-state index contributed by atoms with van der Waals surface area (Å²) >= 11 is 6.17. The molecule has 2 bridgehead atoms. The number of nitriles is 1. The fourth-order valence-corrected chi connectivity index (χ4v) is 4.08. The van der Waals surface area contributed by atoms with Gasteiger partial charge in [-0.15, -0.1) is 0 Å². The number of aromatic nitrogens is 2. The Kier molecular flexibility index (Phi) is 3.14. The number of rotatable bonds is 1. The third-order valence-corrected chi connectivity index (χ3v) is 5.51. The Morgan fingerprint density at radius 2 is 2.16 bits per heavy atom. The van der Waals surface area contributed by atoms with Gasteiger partial charge < -0.3 is 10.2 Å². The van der Waals surface area contributed by atoms with Crippen LogP contribution in [-0.2, 0) is 0 Å². The number of halogens is 1. The average molecular weight is 361 g/mol. The van der Waals surface area contributed by atoms with Gasteiger partial charge in [0.25, 0.3) is 0 Å². The summed E-state index contributed by atoms with van der Waals surface area (Å²) in [4.78, 5) is 25.4. The highest BCUT2D eigenvalue weighted by atomic mass is 35.5. The Balaban J connectivity index is 1.93. The van der Waals surface area contributed by atoms with Crippen molar-refractivity contribution >= 4 is 17.7 Å². The van der Waals surface area contributed by atoms with Gasteiger partial charge in [-0.3, -0.25) is 9.47 Å². The van der Waals surface area contributed by atoms with E-state index in [0.717, 1.165) is 4.57 Å². The fraction of sp³-hybridized carbons (Fsp3) is 0.312. The highest BCUT2D eigenvalue weighted by molar-refractivity contribution is 6.32. The van der Waals surface area contributed by atoms with Crippen molar-refractivity contribution in [2.75, 3.05) is 6.54 Å². The van der Waals surface area contributed by atoms with Gasteiger partial charge in [0.2, 0.25) is 5.88 Å². The first-order valence-corrected chi connectivity index (χ1v) is 7.99. The first kappa shape index (κ1) is 15.6. The largest absolute Gasteiger partial charge is 0.493 e. The molecular formula is C16H13ClN4O4. The Bertz CT molecular complexity index is 1030. The van der Waals surface area contributed by atoms with Gasteiger partial charge in [-0.1, -0.05) is 11.6 Å². The van der Waals surface area contributed by atoms with Gasteiger partial charge in [0.05, 0.1) is 28.4 Å². The average Bonchev–Trinajstić information content (AvgIpc) is 3.23. The molecule has 2 aromatic rings. The lowest BCUT2D eigenvalue weighted by atomic mass is 10.1. The molecule has 8 nitrogen and oxygen atoms in total. The summed E-state index contributed by atoms with van der Waals surface area (Å²) in [7, 11) is 0. The van der Waals surface area contributed by atoms with Crippen molar-refractivity contribution in [1.29, 1.82) is 5.26 Å². The molecule has 0 aliphatic carbocycles. The van der Waals surface area contributed by atoms with Gasteiger partial charge in [0.1, 0.15) is 11.8 Å². The number of amides is 1. The molecule has 25 heavy (non-hydrogen) atoms. The summed E-state index contributed by atoms with van der Waals surface area (Å²) in [6.07, 6.45) is -0.589. The van der Waals surface area contributed by atoms with E-state index < -0.39 is 17.8 Å². The van der Waals surface area contributed by atoms with Gasteiger partial charge >= 0.3 is 11.8 Å². The number of imidazole rings is 1. The quantitative estimate of drug-likeness (QED) is 0.809. The van der Waals surface area contributed by atoms with Crippen LogP contribution in [0.2, 0.25) is 5.02 Å². The maximum Gasteiger partial charge on any atom is 0.407 e. The molecule has 2 N–H and O–H groups in total. The smallest absolute Gasteiger partial charge is 0.407 e. The predicted octanol–water partition coefficient (Wildman–Crippen LogP) is 2.16. The molecule has 128 valence electrons. The highest BCUT2D eigenvalue weighted by Crippen LogP contribution is 2.48. The molecular weight excluding hydrogens is 348 g/mol. The van der Waals surface area contributed by atoms with E-state index >= 15 is 0 Å². The molecule has 1 saturated heterocycles. The maximum absolute atomic E-state index is 12.9. The van der Waals surface area contributed by atoms with Gasteiger partial charge in [-0.25, -0.2) is 14.2 Å². The molecule has 9 heteroatoms. The Labute approximate surface area is 146 Å². The lowest BCUT2D eigenvalue weighted by molar-refractivity contribution is 0.133. The summed E-state index contributed by atoms with van der Waals surface area (Å²) in [6, 6.07) is 4.18. The third kappa shape index (κ3) is 1.87. The van der Waals surface area contributed by atoms with E-state index in [4.69, 9.17) is 16.9 Å². The van der Waals surface area contributed by atoms with E-state index in [-0.39, 0.29) is 29.1 Å². The van der Waals surface area contributed by atoms with Crippen LogP contribution in [0.25, 0.3) is 5.69 Å². The van der Waals surface area contributed by atoms with Crippen molar-refractivity contribution in [3.63, 3.8) is 0 Å². The van der Waals surface area contributed by atoms with Gasteiger partial charge in [0.15, 0.2) is 0 Å². The third-order valence-electron chi connectivity index (χ3n) is 5.02. The lowest BCUT2D eigenvalue weighted by Gasteiger charge is -2.24. The van der Waals surface area contributed by atoms with E-state index in [1.165, 1.54) is 15.5 Å². The first-order valence-electron chi connectivity index (χ1n) is 7.62. The number of hydrogen-bond acceptors (Lipinski definition) is 4. The van der Waals surface area contributed by atoms with Gasteiger partial charge in [-0.2, -0.15) is 5.26 Å². The molecule has 1 aromatic heterocycles. The Hall–Kier alpha value is -2.92. The van der Waals surface area contributed by atoms with Crippen molar-refractivity contribution in [3.8, 4) is 17.6 Å². The molecule has 3 heterocycles. The zero-order valence-electron chi connectivity index (χ0n) is 13.1. The second-order valence-corrected chi connectivity index (χ2v) is 6.60. The molecule has 1 aromatic carbocycles. The number of nitrogens with zero attached hydrogens (tertiary/aromatic N) is 4. The van der Waals surface area contributed by atoms with Crippen molar-refractivity contribution in [3.05, 3.63) is 44.5 Å². The normalized spacial score (nSPS) is 20.6. The maximum atomic E-state index is 12.9. The summed E-state index contributed by atoms with van der Waals surface area (Å²) < 4.78 is 2.59. The van der Waals surface area contributed by atoms with E-state index in [2.05, 4.69) is 0 Å². The van der Waals surface area contributed by atoms with Crippen molar-refractivity contribution in [1.82, 2.24) is 14.0 Å². The van der Waals surface area contributed by atoms with Crippen LogP contribution in [0.1, 0.15) is 35.3 Å². The van der Waals surface area contributed by atoms with Crippen LogP contribution in [0.3, 0.4) is 0 Å². The molecule has 0 saturated carbocycles. The summed E-state index contributed by atoms with van der Waals surface area (Å²) in [5.41, 5.74) is 1.01. The highest BCUT2D eigenvalue weighted by Gasteiger charge is 2.49. The van der Waals surface area contributed by atoms with Gasteiger partial charge in [0, 0.05) is 6.54 Å². The van der Waals surface area contributed by atoms with Crippen LogP contribution in [0, 0.1) is 18.3 Å². The second kappa shape index (κ2) is 5.04. The molecule has 2 aliphatic heterocycles. The number of benzene rings is 1.